The van der Waals surface area contributed by atoms with E-state index < -0.39 is 11.6 Å². The minimum absolute atomic E-state index is 0.153. The molecule has 0 aliphatic rings. The Kier molecular flexibility index (Phi) is 7.52. The molecule has 0 aliphatic heterocycles. The van der Waals surface area contributed by atoms with Crippen molar-refractivity contribution in [1.29, 1.82) is 0 Å². The largest absolute Gasteiger partial charge is 0.346 e. The summed E-state index contributed by atoms with van der Waals surface area (Å²) in [7, 11) is 0. The summed E-state index contributed by atoms with van der Waals surface area (Å²) in [6.45, 7) is 0.204. The molecule has 0 fully saturated rings. The molecule has 0 saturated heterocycles. The smallest absolute Gasteiger partial charge is 0.326 e. The van der Waals surface area contributed by atoms with Crippen molar-refractivity contribution in [3.63, 3.8) is 0 Å². The molecule has 31 heavy (non-hydrogen) atoms. The van der Waals surface area contributed by atoms with E-state index in [0.717, 1.165) is 17.1 Å². The molecule has 0 spiro atoms. The van der Waals surface area contributed by atoms with Gasteiger partial charge in [-0.2, -0.15) is 0 Å². The van der Waals surface area contributed by atoms with Gasteiger partial charge in [-0.1, -0.05) is 30.3 Å². The van der Waals surface area contributed by atoms with Crippen molar-refractivity contribution >= 4 is 29.0 Å². The summed E-state index contributed by atoms with van der Waals surface area (Å²) in [5, 5.41) is 11.2. The van der Waals surface area contributed by atoms with Crippen molar-refractivity contribution in [2.75, 3.05) is 5.32 Å². The molecule has 3 N–H and O–H groups in total. The van der Waals surface area contributed by atoms with E-state index in [0.29, 0.717) is 24.2 Å². The lowest BCUT2D eigenvalue weighted by atomic mass is 10.2. The van der Waals surface area contributed by atoms with Gasteiger partial charge in [0.25, 0.3) is 0 Å². The predicted octanol–water partition coefficient (Wildman–Crippen LogP) is 2.11. The second-order valence-electron chi connectivity index (χ2n) is 6.84. The topological polar surface area (TPSA) is 122 Å². The quantitative estimate of drug-likeness (QED) is 0.266. The first-order valence-electron chi connectivity index (χ1n) is 9.68. The maximum atomic E-state index is 12.7. The van der Waals surface area contributed by atoms with Gasteiger partial charge in [-0.25, -0.2) is 18.8 Å². The number of hydrogen-bond acceptors (Lipinski definition) is 6. The Bertz CT molecular complexity index is 1150. The average Bonchev–Trinajstić information content (AvgIpc) is 3.06. The monoisotopic (exact) mass is 442 g/mol. The number of nitrogens with zero attached hydrogens (tertiary/aromatic N) is 2. The predicted molar refractivity (Wildman–Crippen MR) is 117 cm³/mol. The molecule has 10 heteroatoms. The van der Waals surface area contributed by atoms with Gasteiger partial charge in [-0.3, -0.25) is 19.6 Å². The van der Waals surface area contributed by atoms with Gasteiger partial charge in [0.15, 0.2) is 0 Å². The zero-order valence-corrected chi connectivity index (χ0v) is 17.4. The molecule has 0 unspecified atom stereocenters. The molecule has 0 atom stereocenters. The van der Waals surface area contributed by atoms with Crippen LogP contribution in [0.3, 0.4) is 0 Å². The molecule has 0 bridgehead atoms. The van der Waals surface area contributed by atoms with Crippen LogP contribution in [0, 0.1) is 0 Å². The Labute approximate surface area is 181 Å². The Balaban J connectivity index is 1.62. The van der Waals surface area contributed by atoms with Crippen molar-refractivity contribution in [2.24, 2.45) is 0 Å². The van der Waals surface area contributed by atoms with Gasteiger partial charge in [0.1, 0.15) is 0 Å². The third kappa shape index (κ3) is 6.00. The summed E-state index contributed by atoms with van der Waals surface area (Å²) >= 11 is 0.825. The van der Waals surface area contributed by atoms with Crippen LogP contribution in [-0.4, -0.2) is 25.5 Å². The fourth-order valence-corrected chi connectivity index (χ4v) is 3.75. The molecule has 2 aromatic carbocycles. The number of unbranched alkanes of at least 4 members (excludes halogenated alkanes) is 1. The Morgan fingerprint density at radius 3 is 2.19 bits per heavy atom. The van der Waals surface area contributed by atoms with Crippen LogP contribution in [0.15, 0.2) is 64.2 Å². The van der Waals surface area contributed by atoms with Crippen LogP contribution in [0.5, 0.6) is 0 Å². The molecular formula is C21H22N4O5S. The Hall–Kier alpha value is -3.50. The first-order chi connectivity index (χ1) is 15.0. The molecule has 0 aliphatic carbocycles. The molecular weight excluding hydrogens is 420 g/mol. The fourth-order valence-electron chi connectivity index (χ4n) is 2.95. The fraction of sp³-hybridized carbons (Fsp3) is 0.238. The van der Waals surface area contributed by atoms with E-state index in [-0.39, 0.29) is 30.2 Å². The third-order valence-corrected chi connectivity index (χ3v) is 5.47. The first-order valence-corrected chi connectivity index (χ1v) is 10.5. The zero-order valence-electron chi connectivity index (χ0n) is 16.6. The minimum atomic E-state index is -0.480. The summed E-state index contributed by atoms with van der Waals surface area (Å²) in [5.74, 6) is -0.681. The van der Waals surface area contributed by atoms with Crippen LogP contribution in [0.4, 0.5) is 5.69 Å². The van der Waals surface area contributed by atoms with E-state index in [1.807, 2.05) is 30.3 Å². The molecule has 0 radical (unpaired) electrons. The van der Waals surface area contributed by atoms with Gasteiger partial charge in [0.2, 0.25) is 11.8 Å². The third-order valence-electron chi connectivity index (χ3n) is 4.55. The Morgan fingerprint density at radius 1 is 0.903 bits per heavy atom. The highest BCUT2D eigenvalue weighted by Gasteiger charge is 2.12. The lowest BCUT2D eigenvalue weighted by Gasteiger charge is -2.06. The van der Waals surface area contributed by atoms with Gasteiger partial charge in [-0.05, 0) is 42.7 Å². The number of hydroxylamine groups is 1. The van der Waals surface area contributed by atoms with Gasteiger partial charge in [0.05, 0.1) is 12.2 Å². The normalized spacial score (nSPS) is 10.6. The molecule has 2 amide bonds. The number of rotatable bonds is 9. The number of hydrogen-bond donors (Lipinski definition) is 3. The van der Waals surface area contributed by atoms with Crippen LogP contribution in [0.2, 0.25) is 0 Å². The van der Waals surface area contributed by atoms with Crippen LogP contribution in [0.1, 0.15) is 31.2 Å². The highest BCUT2D eigenvalue weighted by molar-refractivity contribution is 7.03. The molecule has 9 nitrogen and oxygen atoms in total. The summed E-state index contributed by atoms with van der Waals surface area (Å²) in [6.07, 6.45) is 1.39. The highest BCUT2D eigenvalue weighted by atomic mass is 32.1. The number of benzene rings is 2. The summed E-state index contributed by atoms with van der Waals surface area (Å²) < 4.78 is 2.51. The molecule has 3 aromatic rings. The van der Waals surface area contributed by atoms with E-state index >= 15 is 0 Å². The maximum Gasteiger partial charge on any atom is 0.346 e. The molecule has 162 valence electrons. The van der Waals surface area contributed by atoms with Crippen LogP contribution >= 0.6 is 11.5 Å². The standard InChI is InChI=1S/C21H22N4O5S/c26-18(8-4-5-9-19(27)23-30)22-16-10-12-17(13-11-16)25-20(28)24(21(29)31-25)14-15-6-2-1-3-7-15/h1-3,6-7,10-13,30H,4-5,8-9,14H2,(H,22,26)(H,23,27). The summed E-state index contributed by atoms with van der Waals surface area (Å²) in [5.41, 5.74) is 3.09. The van der Waals surface area contributed by atoms with E-state index in [1.54, 1.807) is 29.7 Å². The van der Waals surface area contributed by atoms with Crippen LogP contribution < -0.4 is 21.4 Å². The van der Waals surface area contributed by atoms with E-state index in [4.69, 9.17) is 5.21 Å². The van der Waals surface area contributed by atoms with Crippen molar-refractivity contribution in [3.8, 4) is 5.69 Å². The van der Waals surface area contributed by atoms with Gasteiger partial charge >= 0.3 is 10.6 Å². The number of carbonyl (C=O) groups excluding carboxylic acids is 2. The second kappa shape index (κ2) is 10.5. The lowest BCUT2D eigenvalue weighted by molar-refractivity contribution is -0.129. The van der Waals surface area contributed by atoms with E-state index in [1.165, 1.54) is 8.52 Å². The number of carbonyl (C=O) groups is 2. The lowest BCUT2D eigenvalue weighted by Crippen LogP contribution is -2.28. The number of nitrogens with one attached hydrogen (secondary N) is 2. The van der Waals surface area contributed by atoms with Crippen molar-refractivity contribution in [3.05, 3.63) is 80.3 Å². The van der Waals surface area contributed by atoms with Crippen molar-refractivity contribution in [2.45, 2.75) is 32.2 Å². The zero-order chi connectivity index (χ0) is 22.2. The SMILES string of the molecule is O=C(CCCCC(=O)Nc1ccc(-n2sc(=O)n(Cc3ccccc3)c2=O)cc1)NO. The molecule has 0 saturated carbocycles. The van der Waals surface area contributed by atoms with E-state index in [9.17, 15) is 19.2 Å². The number of anilines is 1. The van der Waals surface area contributed by atoms with Crippen molar-refractivity contribution in [1.82, 2.24) is 14.0 Å². The minimum Gasteiger partial charge on any atom is -0.326 e. The summed E-state index contributed by atoms with van der Waals surface area (Å²) in [6, 6.07) is 15.9. The van der Waals surface area contributed by atoms with Crippen LogP contribution in [-0.2, 0) is 16.1 Å². The van der Waals surface area contributed by atoms with Gasteiger partial charge in [-0.15, -0.1) is 0 Å². The number of aromatic nitrogens is 2. The van der Waals surface area contributed by atoms with Gasteiger partial charge < -0.3 is 5.32 Å². The summed E-state index contributed by atoms with van der Waals surface area (Å²) in [4.78, 5) is 47.6. The Morgan fingerprint density at radius 2 is 1.55 bits per heavy atom. The molecule has 1 aromatic heterocycles. The van der Waals surface area contributed by atoms with Crippen molar-refractivity contribution < 1.29 is 14.8 Å². The van der Waals surface area contributed by atoms with E-state index in [2.05, 4.69) is 5.32 Å². The molecule has 3 rings (SSSR count). The number of amides is 2. The second-order valence-corrected chi connectivity index (χ2v) is 7.74. The maximum absolute atomic E-state index is 12.7. The molecule has 1 heterocycles. The average molecular weight is 442 g/mol. The van der Waals surface area contributed by atoms with Gasteiger partial charge in [0, 0.05) is 30.1 Å². The van der Waals surface area contributed by atoms with Crippen LogP contribution in [0.25, 0.3) is 5.69 Å². The highest BCUT2D eigenvalue weighted by Crippen LogP contribution is 2.14. The first kappa shape index (κ1) is 22.2.